The second-order valence-electron chi connectivity index (χ2n) is 4.50. The molecule has 74 valence electrons. The third kappa shape index (κ3) is 3.45. The average Bonchev–Trinajstić information content (AvgIpc) is 2.02. The lowest BCUT2D eigenvalue weighted by Gasteiger charge is -2.26. The predicted octanol–water partition coefficient (Wildman–Crippen LogP) is 1.84. The Kier molecular flexibility index (Phi) is 3.48. The number of nitrogens with zero attached hydrogens (tertiary/aromatic N) is 1. The molecule has 0 heterocycles. The van der Waals surface area contributed by atoms with Gasteiger partial charge in [-0.2, -0.15) is 5.26 Å². The van der Waals surface area contributed by atoms with Gasteiger partial charge in [0.1, 0.15) is 5.54 Å². The van der Waals surface area contributed by atoms with E-state index in [2.05, 4.69) is 11.4 Å². The first-order valence-corrected chi connectivity index (χ1v) is 4.49. The molecule has 3 nitrogen and oxygen atoms in total. The van der Waals surface area contributed by atoms with Crippen LogP contribution in [0.25, 0.3) is 0 Å². The van der Waals surface area contributed by atoms with Crippen LogP contribution in [0.2, 0.25) is 0 Å². The van der Waals surface area contributed by atoms with E-state index in [4.69, 9.17) is 5.26 Å². The molecule has 0 aliphatic rings. The highest BCUT2D eigenvalue weighted by atomic mass is 16.2. The highest BCUT2D eigenvalue weighted by molar-refractivity contribution is 5.82. The molecule has 1 N–H and O–H groups in total. The molecule has 0 aliphatic heterocycles. The van der Waals surface area contributed by atoms with E-state index in [-0.39, 0.29) is 5.91 Å². The minimum Gasteiger partial charge on any atom is -0.338 e. The Balaban J connectivity index is 4.47. The maximum absolute atomic E-state index is 11.5. The number of amides is 1. The van der Waals surface area contributed by atoms with Gasteiger partial charge < -0.3 is 5.32 Å². The molecule has 1 atom stereocenters. The summed E-state index contributed by atoms with van der Waals surface area (Å²) >= 11 is 0. The van der Waals surface area contributed by atoms with Crippen LogP contribution in [0.4, 0.5) is 0 Å². The smallest absolute Gasteiger partial charge is 0.226 e. The number of rotatable bonds is 2. The molecular formula is C10H18N2O. The first-order chi connectivity index (χ1) is 5.75. The Labute approximate surface area is 80.1 Å². The summed E-state index contributed by atoms with van der Waals surface area (Å²) in [5, 5.41) is 11.6. The molecule has 0 aromatic carbocycles. The zero-order chi connectivity index (χ0) is 10.7. The second kappa shape index (κ2) is 3.78. The Morgan fingerprint density at radius 1 is 1.38 bits per heavy atom. The predicted molar refractivity (Wildman–Crippen MR) is 51.9 cm³/mol. The topological polar surface area (TPSA) is 52.9 Å². The summed E-state index contributed by atoms with van der Waals surface area (Å²) in [5.74, 6) is -0.0848. The summed E-state index contributed by atoms with van der Waals surface area (Å²) in [7, 11) is 0. The molecule has 0 aromatic heterocycles. The van der Waals surface area contributed by atoms with E-state index in [0.29, 0.717) is 6.42 Å². The fraction of sp³-hybridized carbons (Fsp3) is 0.800. The number of carbonyl (C=O) groups is 1. The standard InChI is InChI=1S/C10H18N2O/c1-6-10(5,7-11)12-8(13)9(2,3)4/h6H2,1-5H3,(H,12,13). The zero-order valence-corrected chi connectivity index (χ0v) is 9.06. The normalized spacial score (nSPS) is 15.7. The molecule has 3 heteroatoms. The van der Waals surface area contributed by atoms with Gasteiger partial charge in [-0.15, -0.1) is 0 Å². The van der Waals surface area contributed by atoms with Gasteiger partial charge in [0.05, 0.1) is 6.07 Å². The van der Waals surface area contributed by atoms with Crippen LogP contribution in [0.15, 0.2) is 0 Å². The SMILES string of the molecule is CCC(C)(C#N)NC(=O)C(C)(C)C. The van der Waals surface area contributed by atoms with Crippen LogP contribution in [0.1, 0.15) is 41.0 Å². The highest BCUT2D eigenvalue weighted by Crippen LogP contribution is 2.16. The summed E-state index contributed by atoms with van der Waals surface area (Å²) in [5.41, 5.74) is -1.17. The Bertz CT molecular complexity index is 234. The van der Waals surface area contributed by atoms with Crippen molar-refractivity contribution in [2.45, 2.75) is 46.6 Å². The molecule has 13 heavy (non-hydrogen) atoms. The van der Waals surface area contributed by atoms with Crippen molar-refractivity contribution in [2.75, 3.05) is 0 Å². The first kappa shape index (κ1) is 12.0. The van der Waals surface area contributed by atoms with Gasteiger partial charge in [-0.3, -0.25) is 4.79 Å². The lowest BCUT2D eigenvalue weighted by molar-refractivity contribution is -0.129. The number of nitriles is 1. The number of hydrogen-bond donors (Lipinski definition) is 1. The molecule has 0 rings (SSSR count). The molecule has 1 unspecified atom stereocenters. The summed E-state index contributed by atoms with van der Waals surface area (Å²) in [6, 6.07) is 2.10. The maximum Gasteiger partial charge on any atom is 0.226 e. The zero-order valence-electron chi connectivity index (χ0n) is 9.06. The van der Waals surface area contributed by atoms with Gasteiger partial charge in [0.15, 0.2) is 0 Å². The van der Waals surface area contributed by atoms with Crippen molar-refractivity contribution in [3.63, 3.8) is 0 Å². The van der Waals surface area contributed by atoms with Crippen molar-refractivity contribution in [2.24, 2.45) is 5.41 Å². The molecule has 0 saturated heterocycles. The van der Waals surface area contributed by atoms with Crippen LogP contribution >= 0.6 is 0 Å². The molecule has 0 saturated carbocycles. The minimum atomic E-state index is -0.732. The fourth-order valence-electron chi connectivity index (χ4n) is 0.633. The van der Waals surface area contributed by atoms with Crippen molar-refractivity contribution in [1.29, 1.82) is 5.26 Å². The van der Waals surface area contributed by atoms with Gasteiger partial charge in [-0.25, -0.2) is 0 Å². The van der Waals surface area contributed by atoms with Gasteiger partial charge in [0.2, 0.25) is 5.91 Å². The largest absolute Gasteiger partial charge is 0.338 e. The lowest BCUT2D eigenvalue weighted by atomic mass is 9.92. The van der Waals surface area contributed by atoms with Crippen molar-refractivity contribution >= 4 is 5.91 Å². The first-order valence-electron chi connectivity index (χ1n) is 4.49. The van der Waals surface area contributed by atoms with E-state index >= 15 is 0 Å². The quantitative estimate of drug-likeness (QED) is 0.708. The molecule has 0 bridgehead atoms. The van der Waals surface area contributed by atoms with Gasteiger partial charge in [0, 0.05) is 5.41 Å². The van der Waals surface area contributed by atoms with E-state index in [0.717, 1.165) is 0 Å². The van der Waals surface area contributed by atoms with E-state index in [1.54, 1.807) is 6.92 Å². The summed E-state index contributed by atoms with van der Waals surface area (Å²) < 4.78 is 0. The van der Waals surface area contributed by atoms with E-state index in [1.165, 1.54) is 0 Å². The molecule has 0 aliphatic carbocycles. The van der Waals surface area contributed by atoms with E-state index in [1.807, 2.05) is 27.7 Å². The fourth-order valence-corrected chi connectivity index (χ4v) is 0.633. The molecular weight excluding hydrogens is 164 g/mol. The van der Waals surface area contributed by atoms with E-state index in [9.17, 15) is 4.79 Å². The Hall–Kier alpha value is -1.04. The molecule has 0 aromatic rings. The van der Waals surface area contributed by atoms with Crippen LogP contribution < -0.4 is 5.32 Å². The van der Waals surface area contributed by atoms with Crippen LogP contribution in [-0.4, -0.2) is 11.4 Å². The average molecular weight is 182 g/mol. The highest BCUT2D eigenvalue weighted by Gasteiger charge is 2.29. The van der Waals surface area contributed by atoms with Gasteiger partial charge >= 0.3 is 0 Å². The maximum atomic E-state index is 11.5. The molecule has 1 amide bonds. The van der Waals surface area contributed by atoms with Crippen molar-refractivity contribution in [1.82, 2.24) is 5.32 Å². The summed E-state index contributed by atoms with van der Waals surface area (Å²) in [4.78, 5) is 11.5. The van der Waals surface area contributed by atoms with Crippen molar-refractivity contribution in [3.8, 4) is 6.07 Å². The summed E-state index contributed by atoms with van der Waals surface area (Å²) in [6.45, 7) is 9.10. The van der Waals surface area contributed by atoms with Crippen LogP contribution in [-0.2, 0) is 4.79 Å². The number of hydrogen-bond acceptors (Lipinski definition) is 2. The monoisotopic (exact) mass is 182 g/mol. The molecule has 0 spiro atoms. The number of carbonyl (C=O) groups excluding carboxylic acids is 1. The van der Waals surface area contributed by atoms with Gasteiger partial charge in [0.25, 0.3) is 0 Å². The summed E-state index contributed by atoms with van der Waals surface area (Å²) in [6.07, 6.45) is 0.616. The Morgan fingerprint density at radius 3 is 2.08 bits per heavy atom. The molecule has 0 radical (unpaired) electrons. The van der Waals surface area contributed by atoms with Crippen LogP contribution in [0, 0.1) is 16.7 Å². The Morgan fingerprint density at radius 2 is 1.85 bits per heavy atom. The third-order valence-electron chi connectivity index (χ3n) is 2.02. The molecule has 0 fully saturated rings. The number of nitrogens with one attached hydrogen (secondary N) is 1. The van der Waals surface area contributed by atoms with Crippen molar-refractivity contribution in [3.05, 3.63) is 0 Å². The van der Waals surface area contributed by atoms with E-state index < -0.39 is 11.0 Å². The van der Waals surface area contributed by atoms with Crippen LogP contribution in [0.5, 0.6) is 0 Å². The van der Waals surface area contributed by atoms with Crippen molar-refractivity contribution < 1.29 is 4.79 Å². The minimum absolute atomic E-state index is 0.0848. The van der Waals surface area contributed by atoms with Gasteiger partial charge in [-0.1, -0.05) is 27.7 Å². The van der Waals surface area contributed by atoms with Crippen LogP contribution in [0.3, 0.4) is 0 Å². The second-order valence-corrected chi connectivity index (χ2v) is 4.50. The third-order valence-corrected chi connectivity index (χ3v) is 2.02. The lowest BCUT2D eigenvalue weighted by Crippen LogP contribution is -2.48. The van der Waals surface area contributed by atoms with Gasteiger partial charge in [-0.05, 0) is 13.3 Å².